The molecule has 0 aromatic heterocycles. The summed E-state index contributed by atoms with van der Waals surface area (Å²) in [6.45, 7) is 2.07. The van der Waals surface area contributed by atoms with Gasteiger partial charge >= 0.3 is 5.97 Å². The molecule has 0 aliphatic heterocycles. The minimum Gasteiger partial charge on any atom is -0.480 e. The number of hydrogen-bond acceptors (Lipinski definition) is 4. The molecular formula is C16H23NO6S. The average Bonchev–Trinajstić information content (AvgIpc) is 2.50. The number of nitrogens with one attached hydrogen (secondary N) is 1. The number of rotatable bonds is 10. The van der Waals surface area contributed by atoms with Gasteiger partial charge in [0.15, 0.2) is 0 Å². The zero-order chi connectivity index (χ0) is 18.2. The van der Waals surface area contributed by atoms with Gasteiger partial charge in [0.25, 0.3) is 16.0 Å². The number of benzene rings is 1. The lowest BCUT2D eigenvalue weighted by Gasteiger charge is -2.15. The van der Waals surface area contributed by atoms with E-state index in [1.165, 1.54) is 0 Å². The van der Waals surface area contributed by atoms with Gasteiger partial charge in [0, 0.05) is 5.56 Å². The molecule has 24 heavy (non-hydrogen) atoms. The molecule has 1 aromatic rings. The Kier molecular flexibility index (Phi) is 7.87. The Hall–Kier alpha value is -1.93. The number of aliphatic carboxylic acids is 1. The summed E-state index contributed by atoms with van der Waals surface area (Å²) in [5.41, 5.74) is 1.20. The molecule has 7 nitrogen and oxygen atoms in total. The quantitative estimate of drug-likeness (QED) is 0.434. The first-order chi connectivity index (χ1) is 11.2. The summed E-state index contributed by atoms with van der Waals surface area (Å²) in [6, 6.07) is 5.54. The van der Waals surface area contributed by atoms with Gasteiger partial charge in [-0.05, 0) is 30.9 Å². The Labute approximate surface area is 141 Å². The second-order valence-electron chi connectivity index (χ2n) is 5.55. The van der Waals surface area contributed by atoms with Gasteiger partial charge < -0.3 is 10.4 Å². The smallest absolute Gasteiger partial charge is 0.326 e. The molecule has 0 aliphatic rings. The highest BCUT2D eigenvalue weighted by atomic mass is 32.2. The van der Waals surface area contributed by atoms with Crippen LogP contribution >= 0.6 is 0 Å². The van der Waals surface area contributed by atoms with Crippen LogP contribution in [0.1, 0.15) is 48.5 Å². The number of carboxylic acid groups (broad SMARTS) is 1. The summed E-state index contributed by atoms with van der Waals surface area (Å²) in [5.74, 6) is -2.65. The molecule has 134 valence electrons. The molecule has 0 radical (unpaired) electrons. The van der Waals surface area contributed by atoms with E-state index in [1.54, 1.807) is 12.1 Å². The summed E-state index contributed by atoms with van der Waals surface area (Å²) in [6.07, 6.45) is 3.30. The van der Waals surface area contributed by atoms with E-state index in [1.807, 2.05) is 12.1 Å². The van der Waals surface area contributed by atoms with Gasteiger partial charge in [-0.1, -0.05) is 38.0 Å². The third kappa shape index (κ3) is 7.10. The molecule has 1 atom stereocenters. The molecule has 1 aromatic carbocycles. The highest BCUT2D eigenvalue weighted by molar-refractivity contribution is 7.85. The second kappa shape index (κ2) is 9.39. The Balaban J connectivity index is 2.82. The number of unbranched alkanes of at least 4 members (excludes halogenated alkanes) is 2. The van der Waals surface area contributed by atoms with E-state index < -0.39 is 40.2 Å². The monoisotopic (exact) mass is 357 g/mol. The summed E-state index contributed by atoms with van der Waals surface area (Å²) in [4.78, 5) is 23.5. The van der Waals surface area contributed by atoms with E-state index in [4.69, 9.17) is 9.66 Å². The number of carboxylic acids is 1. The van der Waals surface area contributed by atoms with Crippen LogP contribution in [0, 0.1) is 0 Å². The first-order valence-electron chi connectivity index (χ1n) is 7.81. The molecule has 0 fully saturated rings. The van der Waals surface area contributed by atoms with Crippen LogP contribution in [-0.2, 0) is 21.3 Å². The van der Waals surface area contributed by atoms with Crippen molar-refractivity contribution in [1.82, 2.24) is 5.32 Å². The van der Waals surface area contributed by atoms with Crippen molar-refractivity contribution in [3.05, 3.63) is 35.4 Å². The van der Waals surface area contributed by atoms with E-state index in [9.17, 15) is 18.0 Å². The lowest BCUT2D eigenvalue weighted by atomic mass is 10.0. The lowest BCUT2D eigenvalue weighted by Crippen LogP contribution is -2.42. The molecule has 0 spiro atoms. The molecule has 0 saturated heterocycles. The Morgan fingerprint density at radius 3 is 2.46 bits per heavy atom. The number of carbonyl (C=O) groups excluding carboxylic acids is 1. The van der Waals surface area contributed by atoms with Crippen molar-refractivity contribution in [1.29, 1.82) is 0 Å². The number of hydrogen-bond donors (Lipinski definition) is 3. The van der Waals surface area contributed by atoms with Crippen molar-refractivity contribution in [2.75, 3.05) is 5.75 Å². The average molecular weight is 357 g/mol. The van der Waals surface area contributed by atoms with E-state index in [2.05, 4.69) is 12.2 Å². The predicted molar refractivity (Wildman–Crippen MR) is 89.6 cm³/mol. The highest BCUT2D eigenvalue weighted by Gasteiger charge is 2.23. The van der Waals surface area contributed by atoms with E-state index >= 15 is 0 Å². The zero-order valence-corrected chi connectivity index (χ0v) is 14.4. The second-order valence-corrected chi connectivity index (χ2v) is 7.13. The number of amides is 1. The van der Waals surface area contributed by atoms with Crippen LogP contribution in [0.15, 0.2) is 24.3 Å². The van der Waals surface area contributed by atoms with Gasteiger partial charge in [-0.3, -0.25) is 9.35 Å². The standard InChI is InChI=1S/C16H23NO6S/c1-2-3-4-7-12-8-5-6-9-13(12)15(18)17-14(16(19)20)10-11-24(21,22)23/h5-6,8-9,14H,2-4,7,10-11H2,1H3,(H,17,18)(H,19,20)(H,21,22,23)/t14-/m0/s1. The van der Waals surface area contributed by atoms with Crippen molar-refractivity contribution < 1.29 is 27.7 Å². The molecule has 8 heteroatoms. The fraction of sp³-hybridized carbons (Fsp3) is 0.500. The van der Waals surface area contributed by atoms with Crippen LogP contribution < -0.4 is 5.32 Å². The Morgan fingerprint density at radius 2 is 1.88 bits per heavy atom. The van der Waals surface area contributed by atoms with E-state index in [0.717, 1.165) is 24.8 Å². The Morgan fingerprint density at radius 1 is 1.21 bits per heavy atom. The molecule has 1 amide bonds. The largest absolute Gasteiger partial charge is 0.480 e. The molecule has 0 aliphatic carbocycles. The molecule has 3 N–H and O–H groups in total. The van der Waals surface area contributed by atoms with E-state index in [-0.39, 0.29) is 0 Å². The van der Waals surface area contributed by atoms with Crippen molar-refractivity contribution in [3.63, 3.8) is 0 Å². The fourth-order valence-corrected chi connectivity index (χ4v) is 2.82. The maximum atomic E-state index is 12.4. The lowest BCUT2D eigenvalue weighted by molar-refractivity contribution is -0.139. The molecule has 0 bridgehead atoms. The highest BCUT2D eigenvalue weighted by Crippen LogP contribution is 2.13. The van der Waals surface area contributed by atoms with Gasteiger partial charge in [-0.15, -0.1) is 0 Å². The van der Waals surface area contributed by atoms with Crippen LogP contribution in [0.25, 0.3) is 0 Å². The summed E-state index contributed by atoms with van der Waals surface area (Å²) >= 11 is 0. The van der Waals surface area contributed by atoms with Crippen LogP contribution in [0.3, 0.4) is 0 Å². The fourth-order valence-electron chi connectivity index (χ4n) is 2.29. The van der Waals surface area contributed by atoms with Crippen molar-refractivity contribution in [2.24, 2.45) is 0 Å². The zero-order valence-electron chi connectivity index (χ0n) is 13.6. The summed E-state index contributed by atoms with van der Waals surface area (Å²) in [7, 11) is -4.29. The van der Waals surface area contributed by atoms with Crippen LogP contribution in [0.5, 0.6) is 0 Å². The van der Waals surface area contributed by atoms with Crippen LogP contribution in [0.2, 0.25) is 0 Å². The third-order valence-corrected chi connectivity index (χ3v) is 4.33. The topological polar surface area (TPSA) is 121 Å². The molecule has 0 saturated carbocycles. The van der Waals surface area contributed by atoms with Crippen molar-refractivity contribution in [3.8, 4) is 0 Å². The SMILES string of the molecule is CCCCCc1ccccc1C(=O)N[C@@H](CCS(=O)(=O)O)C(=O)O. The normalized spacial score (nSPS) is 12.6. The third-order valence-electron chi connectivity index (χ3n) is 3.58. The maximum absolute atomic E-state index is 12.4. The van der Waals surface area contributed by atoms with Crippen molar-refractivity contribution >= 4 is 22.0 Å². The van der Waals surface area contributed by atoms with Crippen LogP contribution in [-0.4, -0.2) is 41.7 Å². The van der Waals surface area contributed by atoms with Crippen molar-refractivity contribution in [2.45, 2.75) is 45.1 Å². The minimum absolute atomic E-state index is 0.381. The molecule has 0 heterocycles. The van der Waals surface area contributed by atoms with Crippen LogP contribution in [0.4, 0.5) is 0 Å². The Bertz CT molecular complexity index is 671. The van der Waals surface area contributed by atoms with Gasteiger partial charge in [0.2, 0.25) is 0 Å². The first-order valence-corrected chi connectivity index (χ1v) is 9.42. The van der Waals surface area contributed by atoms with Gasteiger partial charge in [0.1, 0.15) is 6.04 Å². The molecule has 0 unspecified atom stereocenters. The first kappa shape index (κ1) is 20.1. The number of aryl methyl sites for hydroxylation is 1. The summed E-state index contributed by atoms with van der Waals surface area (Å²) < 4.78 is 30.3. The van der Waals surface area contributed by atoms with E-state index in [0.29, 0.717) is 12.0 Å². The maximum Gasteiger partial charge on any atom is 0.326 e. The van der Waals surface area contributed by atoms with Gasteiger partial charge in [-0.2, -0.15) is 8.42 Å². The van der Waals surface area contributed by atoms with Gasteiger partial charge in [0.05, 0.1) is 5.75 Å². The summed E-state index contributed by atoms with van der Waals surface area (Å²) in [5, 5.41) is 11.4. The molecular weight excluding hydrogens is 334 g/mol. The minimum atomic E-state index is -4.29. The number of carbonyl (C=O) groups is 2. The van der Waals surface area contributed by atoms with Gasteiger partial charge in [-0.25, -0.2) is 4.79 Å². The molecule has 1 rings (SSSR count). The predicted octanol–water partition coefficient (Wildman–Crippen LogP) is 1.88.